The van der Waals surface area contributed by atoms with Crippen LogP contribution in [-0.2, 0) is 13.1 Å². The average molecular weight is 499 g/mol. The number of carboxylic acids is 1. The number of aliphatic hydroxyl groups excluding tert-OH is 1. The highest BCUT2D eigenvalue weighted by Gasteiger charge is 2.22. The molecule has 1 aliphatic rings. The monoisotopic (exact) mass is 498 g/mol. The molecule has 1 unspecified atom stereocenters. The Morgan fingerprint density at radius 2 is 1.71 bits per heavy atom. The van der Waals surface area contributed by atoms with E-state index < -0.39 is 23.3 Å². The summed E-state index contributed by atoms with van der Waals surface area (Å²) >= 11 is 5.99. The Morgan fingerprint density at radius 1 is 1.06 bits per heavy atom. The summed E-state index contributed by atoms with van der Waals surface area (Å²) in [5, 5.41) is 13.0. The van der Waals surface area contributed by atoms with E-state index in [1.807, 2.05) is 24.3 Å². The molecule has 0 spiro atoms. The maximum atomic E-state index is 13.3. The standard InChI is InChI=1S/C25H28ClN5O4/c1-17(22(32)33)15-31-24(34)28-23(30(25(31)35)16-18-5-7-19(26)8-6-18)27-20-9-11-21(12-10-20)29-13-3-2-4-14-29/h5-12,17H,2-4,13-16H2,1H3,(H,32,33)(H,27,28,34)/p+1. The van der Waals surface area contributed by atoms with Gasteiger partial charge in [-0.1, -0.05) is 23.7 Å². The molecule has 2 aromatic carbocycles. The lowest BCUT2D eigenvalue weighted by Crippen LogP contribution is -2.44. The van der Waals surface area contributed by atoms with Crippen molar-refractivity contribution in [2.24, 2.45) is 5.92 Å². The second kappa shape index (κ2) is 10.8. The van der Waals surface area contributed by atoms with Crippen LogP contribution in [0.4, 0.5) is 17.3 Å². The lowest BCUT2D eigenvalue weighted by Gasteiger charge is -2.28. The first-order valence-electron chi connectivity index (χ1n) is 11.6. The van der Waals surface area contributed by atoms with Crippen molar-refractivity contribution in [2.45, 2.75) is 39.3 Å². The molecule has 1 aliphatic heterocycles. The molecule has 1 atom stereocenters. The highest BCUT2D eigenvalue weighted by molar-refractivity contribution is 6.30. The molecule has 2 heterocycles. The van der Waals surface area contributed by atoms with Crippen LogP contribution in [0.5, 0.6) is 0 Å². The van der Waals surface area contributed by atoms with Gasteiger partial charge in [-0.2, -0.15) is 4.98 Å². The van der Waals surface area contributed by atoms with Gasteiger partial charge in [0.15, 0.2) is 0 Å². The van der Waals surface area contributed by atoms with E-state index in [1.165, 1.54) is 30.8 Å². The number of aliphatic carboxylic acids is 1. The molecular formula is C25H29ClN5O4+. The minimum absolute atomic E-state index is 0.0989. The van der Waals surface area contributed by atoms with Crippen LogP contribution in [-0.4, -0.2) is 43.1 Å². The van der Waals surface area contributed by atoms with Crippen LogP contribution in [0.2, 0.25) is 5.02 Å². The Bertz CT molecular complexity index is 1300. The number of hydrogen-bond acceptors (Lipinski definition) is 5. The lowest BCUT2D eigenvalue weighted by atomic mass is 10.1. The van der Waals surface area contributed by atoms with Gasteiger partial charge in [0.05, 0.1) is 13.1 Å². The van der Waals surface area contributed by atoms with E-state index in [0.29, 0.717) is 10.7 Å². The van der Waals surface area contributed by atoms with Crippen molar-refractivity contribution in [3.05, 3.63) is 80.1 Å². The summed E-state index contributed by atoms with van der Waals surface area (Å²) in [5.41, 5.74) is 1.22. The van der Waals surface area contributed by atoms with Gasteiger partial charge < -0.3 is 20.1 Å². The van der Waals surface area contributed by atoms with Crippen molar-refractivity contribution in [1.82, 2.24) is 14.1 Å². The smallest absolute Gasteiger partial charge is 0.372 e. The molecule has 0 saturated carbocycles. The van der Waals surface area contributed by atoms with Crippen LogP contribution in [0, 0.1) is 5.92 Å². The fourth-order valence-electron chi connectivity index (χ4n) is 4.09. The summed E-state index contributed by atoms with van der Waals surface area (Å²) in [7, 11) is 0. The quantitative estimate of drug-likeness (QED) is 0.459. The van der Waals surface area contributed by atoms with Crippen LogP contribution in [0.1, 0.15) is 31.7 Å². The number of anilines is 3. The van der Waals surface area contributed by atoms with Gasteiger partial charge in [-0.15, -0.1) is 0 Å². The zero-order chi connectivity index (χ0) is 24.9. The number of hydrogen-bond donors (Lipinski definition) is 2. The van der Waals surface area contributed by atoms with E-state index in [2.05, 4.69) is 15.2 Å². The summed E-state index contributed by atoms with van der Waals surface area (Å²) in [6.45, 7) is 3.50. The summed E-state index contributed by atoms with van der Waals surface area (Å²) in [6, 6.07) is 14.8. The van der Waals surface area contributed by atoms with Crippen molar-refractivity contribution in [3.8, 4) is 0 Å². The third-order valence-electron chi connectivity index (χ3n) is 6.15. The van der Waals surface area contributed by atoms with Crippen LogP contribution in [0.3, 0.4) is 0 Å². The van der Waals surface area contributed by atoms with Gasteiger partial charge in [0.1, 0.15) is 5.92 Å². The largest absolute Gasteiger partial charge is 0.485 e. The zero-order valence-corrected chi connectivity index (χ0v) is 20.3. The molecule has 4 rings (SSSR count). The van der Waals surface area contributed by atoms with Crippen LogP contribution in [0.15, 0.2) is 58.1 Å². The minimum Gasteiger partial charge on any atom is -0.372 e. The molecule has 10 heteroatoms. The lowest BCUT2D eigenvalue weighted by molar-refractivity contribution is 0.377. The van der Waals surface area contributed by atoms with Crippen LogP contribution >= 0.6 is 11.6 Å². The predicted octanol–water partition coefficient (Wildman–Crippen LogP) is 3.54. The molecule has 0 amide bonds. The number of carboxylic acid groups (broad SMARTS) is 1. The Labute approximate surface area is 207 Å². The molecule has 9 nitrogen and oxygen atoms in total. The van der Waals surface area contributed by atoms with E-state index in [4.69, 9.17) is 11.6 Å². The fourth-order valence-corrected chi connectivity index (χ4v) is 4.21. The first kappa shape index (κ1) is 24.5. The molecular weight excluding hydrogens is 470 g/mol. The molecule has 1 fully saturated rings. The van der Waals surface area contributed by atoms with Gasteiger partial charge >= 0.3 is 17.3 Å². The Morgan fingerprint density at radius 3 is 2.34 bits per heavy atom. The molecule has 0 aliphatic carbocycles. The number of aromatic nitrogens is 3. The van der Waals surface area contributed by atoms with Gasteiger partial charge in [-0.05, 0) is 68.1 Å². The van der Waals surface area contributed by atoms with Crippen molar-refractivity contribution < 1.29 is 9.90 Å². The molecule has 0 bridgehead atoms. The van der Waals surface area contributed by atoms with E-state index in [-0.39, 0.29) is 19.0 Å². The third kappa shape index (κ3) is 5.92. The maximum Gasteiger partial charge on any atom is 0.485 e. The van der Waals surface area contributed by atoms with Gasteiger partial charge in [0.2, 0.25) is 5.95 Å². The maximum absolute atomic E-state index is 13.3. The van der Waals surface area contributed by atoms with Gasteiger partial charge in [-0.3, -0.25) is 4.57 Å². The summed E-state index contributed by atoms with van der Waals surface area (Å²) in [4.78, 5) is 41.9. The number of piperidine rings is 1. The highest BCUT2D eigenvalue weighted by Crippen LogP contribution is 2.23. The molecule has 1 aromatic heterocycles. The van der Waals surface area contributed by atoms with Gasteiger partial charge in [-0.25, -0.2) is 14.2 Å². The van der Waals surface area contributed by atoms with Crippen LogP contribution in [0.25, 0.3) is 0 Å². The first-order valence-corrected chi connectivity index (χ1v) is 12.0. The van der Waals surface area contributed by atoms with Gasteiger partial charge in [0.25, 0.3) is 0 Å². The number of nitrogens with one attached hydrogen (secondary N) is 1. The highest BCUT2D eigenvalue weighted by atomic mass is 35.5. The van der Waals surface area contributed by atoms with Crippen molar-refractivity contribution in [3.63, 3.8) is 0 Å². The number of rotatable bonds is 8. The Balaban J connectivity index is 1.67. The second-order valence-electron chi connectivity index (χ2n) is 8.80. The Hall–Kier alpha value is -3.59. The zero-order valence-electron chi connectivity index (χ0n) is 19.5. The average Bonchev–Trinajstić information content (AvgIpc) is 2.86. The van der Waals surface area contributed by atoms with Gasteiger partial charge in [0, 0.05) is 29.5 Å². The fraction of sp³-hybridized carbons (Fsp3) is 0.360. The normalized spacial score (nSPS) is 14.5. The first-order chi connectivity index (χ1) is 16.8. The van der Waals surface area contributed by atoms with E-state index >= 15 is 0 Å². The molecule has 3 aromatic rings. The van der Waals surface area contributed by atoms with E-state index in [9.17, 15) is 19.5 Å². The minimum atomic E-state index is -0.850. The van der Waals surface area contributed by atoms with Crippen molar-refractivity contribution >= 4 is 34.9 Å². The number of nitrogens with zero attached hydrogens (tertiary/aromatic N) is 4. The Kier molecular flexibility index (Phi) is 7.55. The summed E-state index contributed by atoms with van der Waals surface area (Å²) in [6.07, 6.45) is 3.62. The molecule has 0 radical (unpaired) electrons. The number of halogens is 1. The van der Waals surface area contributed by atoms with Crippen molar-refractivity contribution in [1.29, 1.82) is 0 Å². The SMILES string of the molecule is CC(Cn1c(=O)nc(Nc2ccc(N3CCCCC3)cc2)n(Cc2ccc(Cl)cc2)c1=O)C(O)=[OH+]. The van der Waals surface area contributed by atoms with Crippen molar-refractivity contribution in [2.75, 3.05) is 23.3 Å². The molecule has 35 heavy (non-hydrogen) atoms. The molecule has 1 saturated heterocycles. The summed E-state index contributed by atoms with van der Waals surface area (Å²) in [5.74, 6) is -1.56. The van der Waals surface area contributed by atoms with E-state index in [0.717, 1.165) is 28.9 Å². The molecule has 184 valence electrons. The topological polar surface area (TPSA) is 114 Å². The molecule has 3 N–H and O–H groups in total. The predicted molar refractivity (Wildman–Crippen MR) is 138 cm³/mol. The van der Waals surface area contributed by atoms with E-state index in [1.54, 1.807) is 24.3 Å². The third-order valence-corrected chi connectivity index (χ3v) is 6.40. The summed E-state index contributed by atoms with van der Waals surface area (Å²) < 4.78 is 2.25. The van der Waals surface area contributed by atoms with Crippen LogP contribution < -0.4 is 21.6 Å². The second-order valence-corrected chi connectivity index (χ2v) is 9.24. The number of benzene rings is 2.